The Kier molecular flexibility index (Phi) is 4.82. The molecule has 1 aromatic rings. The first-order valence-corrected chi connectivity index (χ1v) is 8.37. The van der Waals surface area contributed by atoms with Gasteiger partial charge in [0.05, 0.1) is 16.4 Å². The zero-order valence-electron chi connectivity index (χ0n) is 13.9. The van der Waals surface area contributed by atoms with Crippen LogP contribution in [0, 0.1) is 17.3 Å². The van der Waals surface area contributed by atoms with E-state index in [9.17, 15) is 4.79 Å². The molecule has 4 heteroatoms. The standard InChI is InChI=1S/C17H27ClN2O/c1-6-13-16(18)14(20(5)19-13)10-17(3,4)12-8-7-11(2)9-15(12)21/h11-12H,6-10H2,1-5H3. The van der Waals surface area contributed by atoms with E-state index in [1.54, 1.807) is 0 Å². The van der Waals surface area contributed by atoms with Crippen LogP contribution in [-0.4, -0.2) is 15.6 Å². The quantitative estimate of drug-likeness (QED) is 0.835. The summed E-state index contributed by atoms with van der Waals surface area (Å²) in [7, 11) is 1.95. The van der Waals surface area contributed by atoms with Gasteiger partial charge in [0.25, 0.3) is 0 Å². The zero-order valence-corrected chi connectivity index (χ0v) is 14.6. The highest BCUT2D eigenvalue weighted by Gasteiger charge is 2.39. The molecule has 0 spiro atoms. The molecule has 1 fully saturated rings. The molecule has 1 aliphatic carbocycles. The van der Waals surface area contributed by atoms with Gasteiger partial charge in [0.1, 0.15) is 5.78 Å². The second kappa shape index (κ2) is 6.12. The van der Waals surface area contributed by atoms with E-state index in [1.807, 2.05) is 11.7 Å². The van der Waals surface area contributed by atoms with Crippen LogP contribution < -0.4 is 0 Å². The molecule has 0 aliphatic heterocycles. The smallest absolute Gasteiger partial charge is 0.136 e. The summed E-state index contributed by atoms with van der Waals surface area (Å²) in [4.78, 5) is 12.4. The van der Waals surface area contributed by atoms with Crippen molar-refractivity contribution in [2.45, 2.75) is 59.8 Å². The first-order valence-electron chi connectivity index (χ1n) is 7.99. The van der Waals surface area contributed by atoms with Crippen molar-refractivity contribution >= 4 is 17.4 Å². The molecule has 1 aliphatic rings. The van der Waals surface area contributed by atoms with Gasteiger partial charge >= 0.3 is 0 Å². The van der Waals surface area contributed by atoms with Crippen LogP contribution in [0.25, 0.3) is 0 Å². The summed E-state index contributed by atoms with van der Waals surface area (Å²) in [5, 5.41) is 5.27. The molecule has 118 valence electrons. The number of ketones is 1. The van der Waals surface area contributed by atoms with E-state index in [4.69, 9.17) is 11.6 Å². The Bertz CT molecular complexity index is 533. The van der Waals surface area contributed by atoms with Crippen LogP contribution in [0.4, 0.5) is 0 Å². The second-order valence-electron chi connectivity index (χ2n) is 7.26. The zero-order chi connectivity index (χ0) is 15.8. The van der Waals surface area contributed by atoms with Crippen molar-refractivity contribution in [2.75, 3.05) is 0 Å². The second-order valence-corrected chi connectivity index (χ2v) is 7.63. The number of halogens is 1. The maximum absolute atomic E-state index is 12.4. The maximum atomic E-state index is 12.4. The third kappa shape index (κ3) is 3.33. The summed E-state index contributed by atoms with van der Waals surface area (Å²) in [6.45, 7) is 8.63. The lowest BCUT2D eigenvalue weighted by Gasteiger charge is -2.37. The number of aromatic nitrogens is 2. The Morgan fingerprint density at radius 1 is 1.38 bits per heavy atom. The molecule has 0 radical (unpaired) electrons. The molecule has 0 amide bonds. The van der Waals surface area contributed by atoms with Crippen molar-refractivity contribution in [3.8, 4) is 0 Å². The molecular formula is C17H27ClN2O. The molecule has 1 heterocycles. The number of nitrogens with zero attached hydrogens (tertiary/aromatic N) is 2. The lowest BCUT2D eigenvalue weighted by Crippen LogP contribution is -2.37. The maximum Gasteiger partial charge on any atom is 0.136 e. The first-order chi connectivity index (χ1) is 9.76. The fourth-order valence-electron chi connectivity index (χ4n) is 3.59. The van der Waals surface area contributed by atoms with Gasteiger partial charge in [-0.25, -0.2) is 0 Å². The molecular weight excluding hydrogens is 284 g/mol. The monoisotopic (exact) mass is 310 g/mol. The predicted octanol–water partition coefficient (Wildman–Crippen LogP) is 4.21. The van der Waals surface area contributed by atoms with Gasteiger partial charge < -0.3 is 0 Å². The van der Waals surface area contributed by atoms with Crippen LogP contribution in [0.15, 0.2) is 0 Å². The minimum atomic E-state index is -0.0698. The largest absolute Gasteiger partial charge is 0.299 e. The van der Waals surface area contributed by atoms with Gasteiger partial charge in [0, 0.05) is 19.4 Å². The van der Waals surface area contributed by atoms with Gasteiger partial charge in [-0.05, 0) is 37.0 Å². The molecule has 2 rings (SSSR count). The summed E-state index contributed by atoms with van der Waals surface area (Å²) in [5.41, 5.74) is 1.94. The average Bonchev–Trinajstić information content (AvgIpc) is 2.65. The Balaban J connectivity index is 2.21. The fourth-order valence-corrected chi connectivity index (χ4v) is 3.95. The van der Waals surface area contributed by atoms with Gasteiger partial charge in [-0.15, -0.1) is 0 Å². The number of aryl methyl sites for hydroxylation is 2. The molecule has 1 aromatic heterocycles. The molecule has 0 aromatic carbocycles. The van der Waals surface area contributed by atoms with Crippen molar-refractivity contribution in [2.24, 2.45) is 24.3 Å². The Hall–Kier alpha value is -0.830. The molecule has 1 saturated carbocycles. The van der Waals surface area contributed by atoms with Gasteiger partial charge in [-0.2, -0.15) is 5.10 Å². The highest BCUT2D eigenvalue weighted by molar-refractivity contribution is 6.31. The van der Waals surface area contributed by atoms with Crippen molar-refractivity contribution in [1.29, 1.82) is 0 Å². The van der Waals surface area contributed by atoms with E-state index in [1.165, 1.54) is 0 Å². The molecule has 21 heavy (non-hydrogen) atoms. The fraction of sp³-hybridized carbons (Fsp3) is 0.765. The number of hydrogen-bond donors (Lipinski definition) is 0. The summed E-state index contributed by atoms with van der Waals surface area (Å²) in [5.74, 6) is 1.11. The predicted molar refractivity (Wildman–Crippen MR) is 86.6 cm³/mol. The van der Waals surface area contributed by atoms with Crippen LogP contribution in [0.5, 0.6) is 0 Å². The van der Waals surface area contributed by atoms with E-state index >= 15 is 0 Å². The van der Waals surface area contributed by atoms with E-state index in [2.05, 4.69) is 32.8 Å². The topological polar surface area (TPSA) is 34.9 Å². The average molecular weight is 311 g/mol. The van der Waals surface area contributed by atoms with Gasteiger partial charge in [0.2, 0.25) is 0 Å². The van der Waals surface area contributed by atoms with Crippen LogP contribution in [0.1, 0.15) is 58.3 Å². The number of carbonyl (C=O) groups excluding carboxylic acids is 1. The molecule has 0 saturated heterocycles. The van der Waals surface area contributed by atoms with Gasteiger partial charge in [0.15, 0.2) is 0 Å². The molecule has 2 atom stereocenters. The van der Waals surface area contributed by atoms with Crippen molar-refractivity contribution in [3.05, 3.63) is 16.4 Å². The molecule has 0 N–H and O–H groups in total. The van der Waals surface area contributed by atoms with Gasteiger partial charge in [-0.3, -0.25) is 9.48 Å². The minimum absolute atomic E-state index is 0.0698. The SMILES string of the molecule is CCc1nn(C)c(CC(C)(C)C2CCC(C)CC2=O)c1Cl. The molecule has 2 unspecified atom stereocenters. The third-order valence-electron chi connectivity index (χ3n) is 4.96. The Morgan fingerprint density at radius 3 is 2.57 bits per heavy atom. The van der Waals surface area contributed by atoms with Crippen molar-refractivity contribution in [3.63, 3.8) is 0 Å². The number of hydrogen-bond acceptors (Lipinski definition) is 2. The number of rotatable bonds is 4. The van der Waals surface area contributed by atoms with Crippen LogP contribution in [-0.2, 0) is 24.7 Å². The van der Waals surface area contributed by atoms with E-state index in [0.717, 1.165) is 48.5 Å². The minimum Gasteiger partial charge on any atom is -0.299 e. The highest BCUT2D eigenvalue weighted by Crippen LogP contribution is 2.41. The van der Waals surface area contributed by atoms with Crippen molar-refractivity contribution in [1.82, 2.24) is 9.78 Å². The van der Waals surface area contributed by atoms with Crippen LogP contribution >= 0.6 is 11.6 Å². The first kappa shape index (κ1) is 16.5. The third-order valence-corrected chi connectivity index (χ3v) is 5.39. The summed E-state index contributed by atoms with van der Waals surface area (Å²) >= 11 is 6.47. The lowest BCUT2D eigenvalue weighted by molar-refractivity contribution is -0.129. The van der Waals surface area contributed by atoms with E-state index in [0.29, 0.717) is 11.7 Å². The Labute approximate surface area is 133 Å². The summed E-state index contributed by atoms with van der Waals surface area (Å²) in [6.07, 6.45) is 4.53. The molecule has 0 bridgehead atoms. The van der Waals surface area contributed by atoms with Crippen molar-refractivity contribution < 1.29 is 4.79 Å². The van der Waals surface area contributed by atoms with Gasteiger partial charge in [-0.1, -0.05) is 39.3 Å². The normalized spacial score (nSPS) is 23.6. The van der Waals surface area contributed by atoms with Crippen LogP contribution in [0.2, 0.25) is 5.02 Å². The summed E-state index contributed by atoms with van der Waals surface area (Å²) in [6, 6.07) is 0. The van der Waals surface area contributed by atoms with E-state index in [-0.39, 0.29) is 11.3 Å². The highest BCUT2D eigenvalue weighted by atomic mass is 35.5. The summed E-state index contributed by atoms with van der Waals surface area (Å²) < 4.78 is 1.89. The lowest BCUT2D eigenvalue weighted by atomic mass is 9.66. The van der Waals surface area contributed by atoms with Crippen LogP contribution in [0.3, 0.4) is 0 Å². The van der Waals surface area contributed by atoms with E-state index < -0.39 is 0 Å². The molecule has 3 nitrogen and oxygen atoms in total. The Morgan fingerprint density at radius 2 is 2.05 bits per heavy atom. The number of carbonyl (C=O) groups is 1. The number of Topliss-reactive ketones (excluding diaryl/α,β-unsaturated/α-hetero) is 1.